The number of carbonyl (C=O) groups excluding carboxylic acids is 1. The Hall–Kier alpha value is -1.54. The van der Waals surface area contributed by atoms with Crippen molar-refractivity contribution in [2.24, 2.45) is 5.84 Å². The van der Waals surface area contributed by atoms with Crippen molar-refractivity contribution in [2.45, 2.75) is 25.1 Å². The Bertz CT molecular complexity index is 519. The smallest absolute Gasteiger partial charge is 0.327 e. The lowest BCUT2D eigenvalue weighted by atomic mass is 10.2. The van der Waals surface area contributed by atoms with Crippen molar-refractivity contribution in [3.63, 3.8) is 0 Å². The molecule has 1 aliphatic carbocycles. The molecule has 0 radical (unpaired) electrons. The largest absolute Gasteiger partial charge is 0.406 e. The quantitative estimate of drug-likeness (QED) is 0.661. The number of nitrogens with zero attached hydrogens (tertiary/aromatic N) is 2. The first-order valence-corrected chi connectivity index (χ1v) is 6.19. The molecule has 2 rings (SSSR count). The number of nitrogens with two attached hydrogens (primary N) is 1. The average Bonchev–Trinajstić information content (AvgIpc) is 3.18. The minimum Gasteiger partial charge on any atom is -0.327 e. The molecule has 9 heteroatoms. The van der Waals surface area contributed by atoms with E-state index in [0.29, 0.717) is 12.8 Å². The van der Waals surface area contributed by atoms with E-state index < -0.39 is 18.6 Å². The predicted octanol–water partition coefficient (Wildman–Crippen LogP) is 2.19. The number of halogens is 4. The number of hydrazine groups is 1. The SMILES string of the molecule is NNc1ncc(C(=O)N(CC(F)(F)F)C2CC2)cc1Cl. The van der Waals surface area contributed by atoms with Crippen molar-refractivity contribution in [1.29, 1.82) is 0 Å². The van der Waals surface area contributed by atoms with Gasteiger partial charge in [-0.1, -0.05) is 11.6 Å². The van der Waals surface area contributed by atoms with Crippen LogP contribution in [-0.2, 0) is 0 Å². The molecule has 0 unspecified atom stereocenters. The Kier molecular flexibility index (Phi) is 4.05. The summed E-state index contributed by atoms with van der Waals surface area (Å²) in [6, 6.07) is 0.882. The highest BCUT2D eigenvalue weighted by Gasteiger charge is 2.41. The minimum absolute atomic E-state index is 0.00477. The summed E-state index contributed by atoms with van der Waals surface area (Å²) in [5.41, 5.74) is 2.22. The van der Waals surface area contributed by atoms with Gasteiger partial charge in [0.1, 0.15) is 6.54 Å². The van der Waals surface area contributed by atoms with Crippen LogP contribution in [0.1, 0.15) is 23.2 Å². The Labute approximate surface area is 117 Å². The number of alkyl halides is 3. The zero-order valence-corrected chi connectivity index (χ0v) is 11.0. The lowest BCUT2D eigenvalue weighted by molar-refractivity contribution is -0.141. The van der Waals surface area contributed by atoms with E-state index in [2.05, 4.69) is 10.4 Å². The molecule has 0 aliphatic heterocycles. The Morgan fingerprint density at radius 3 is 2.65 bits per heavy atom. The molecule has 1 aromatic rings. The summed E-state index contributed by atoms with van der Waals surface area (Å²) < 4.78 is 37.5. The molecule has 1 amide bonds. The van der Waals surface area contributed by atoms with Crippen LogP contribution in [0.25, 0.3) is 0 Å². The van der Waals surface area contributed by atoms with E-state index in [1.54, 1.807) is 0 Å². The molecule has 0 spiro atoms. The van der Waals surface area contributed by atoms with Gasteiger partial charge < -0.3 is 10.3 Å². The number of anilines is 1. The average molecular weight is 309 g/mol. The first-order chi connectivity index (χ1) is 9.31. The van der Waals surface area contributed by atoms with Crippen LogP contribution in [0.5, 0.6) is 0 Å². The molecular weight excluding hydrogens is 297 g/mol. The number of carbonyl (C=O) groups is 1. The van der Waals surface area contributed by atoms with Gasteiger partial charge in [-0.3, -0.25) is 4.79 Å². The van der Waals surface area contributed by atoms with Crippen LogP contribution < -0.4 is 11.3 Å². The zero-order chi connectivity index (χ0) is 14.9. The fourth-order valence-corrected chi connectivity index (χ4v) is 1.99. The molecule has 1 aromatic heterocycles. The van der Waals surface area contributed by atoms with Crippen LogP contribution in [0, 0.1) is 0 Å². The lowest BCUT2D eigenvalue weighted by Gasteiger charge is -2.23. The lowest BCUT2D eigenvalue weighted by Crippen LogP contribution is -2.40. The predicted molar refractivity (Wildman–Crippen MR) is 67.2 cm³/mol. The van der Waals surface area contributed by atoms with E-state index in [4.69, 9.17) is 17.4 Å². The van der Waals surface area contributed by atoms with Gasteiger partial charge in [0.15, 0.2) is 5.82 Å². The van der Waals surface area contributed by atoms with Gasteiger partial charge in [-0.15, -0.1) is 0 Å². The van der Waals surface area contributed by atoms with Crippen LogP contribution >= 0.6 is 11.6 Å². The molecule has 0 atom stereocenters. The van der Waals surface area contributed by atoms with E-state index in [0.717, 1.165) is 11.1 Å². The van der Waals surface area contributed by atoms with Gasteiger partial charge in [-0.2, -0.15) is 13.2 Å². The molecule has 3 N–H and O–H groups in total. The topological polar surface area (TPSA) is 71.2 Å². The number of hydrogen-bond acceptors (Lipinski definition) is 4. The van der Waals surface area contributed by atoms with Crippen molar-refractivity contribution in [3.05, 3.63) is 22.8 Å². The summed E-state index contributed by atoms with van der Waals surface area (Å²) >= 11 is 5.81. The van der Waals surface area contributed by atoms with Gasteiger partial charge in [0.2, 0.25) is 0 Å². The first kappa shape index (κ1) is 14.9. The van der Waals surface area contributed by atoms with Crippen LogP contribution in [0.15, 0.2) is 12.3 Å². The molecule has 110 valence electrons. The third-order valence-corrected chi connectivity index (χ3v) is 3.11. The number of nitrogen functional groups attached to an aromatic ring is 1. The molecule has 5 nitrogen and oxygen atoms in total. The van der Waals surface area contributed by atoms with E-state index >= 15 is 0 Å². The second-order valence-electron chi connectivity index (χ2n) is 4.48. The highest BCUT2D eigenvalue weighted by Crippen LogP contribution is 2.32. The number of amides is 1. The molecule has 1 aliphatic rings. The number of rotatable bonds is 4. The first-order valence-electron chi connectivity index (χ1n) is 5.81. The van der Waals surface area contributed by atoms with Crippen LogP contribution in [0.3, 0.4) is 0 Å². The fourth-order valence-electron chi connectivity index (χ4n) is 1.77. The van der Waals surface area contributed by atoms with Crippen molar-refractivity contribution in [1.82, 2.24) is 9.88 Å². The van der Waals surface area contributed by atoms with Gasteiger partial charge in [-0.05, 0) is 18.9 Å². The van der Waals surface area contributed by atoms with Crippen LogP contribution in [-0.4, -0.2) is 34.6 Å². The van der Waals surface area contributed by atoms with Gasteiger partial charge in [-0.25, -0.2) is 10.8 Å². The van der Waals surface area contributed by atoms with Crippen molar-refractivity contribution < 1.29 is 18.0 Å². The zero-order valence-electron chi connectivity index (χ0n) is 10.2. The van der Waals surface area contributed by atoms with Crippen LogP contribution in [0.2, 0.25) is 5.02 Å². The van der Waals surface area contributed by atoms with E-state index in [-0.39, 0.29) is 22.4 Å². The van der Waals surface area contributed by atoms with Gasteiger partial charge in [0, 0.05) is 12.2 Å². The molecular formula is C11H12ClF3N4O. The third kappa shape index (κ3) is 3.51. The summed E-state index contributed by atoms with van der Waals surface area (Å²) in [4.78, 5) is 16.7. The van der Waals surface area contributed by atoms with Gasteiger partial charge in [0.25, 0.3) is 5.91 Å². The summed E-state index contributed by atoms with van der Waals surface area (Å²) in [6.07, 6.45) is -2.14. The van der Waals surface area contributed by atoms with Crippen molar-refractivity contribution in [3.8, 4) is 0 Å². The van der Waals surface area contributed by atoms with E-state index in [9.17, 15) is 18.0 Å². The summed E-state index contributed by atoms with van der Waals surface area (Å²) in [6.45, 7) is -1.27. The Morgan fingerprint density at radius 1 is 1.55 bits per heavy atom. The fraction of sp³-hybridized carbons (Fsp3) is 0.455. The Morgan fingerprint density at radius 2 is 2.20 bits per heavy atom. The monoisotopic (exact) mass is 308 g/mol. The molecule has 1 heterocycles. The molecule has 0 saturated heterocycles. The molecule has 1 saturated carbocycles. The highest BCUT2D eigenvalue weighted by molar-refractivity contribution is 6.33. The van der Waals surface area contributed by atoms with Gasteiger partial charge >= 0.3 is 6.18 Å². The number of pyridine rings is 1. The van der Waals surface area contributed by atoms with Gasteiger partial charge in [0.05, 0.1) is 10.6 Å². The summed E-state index contributed by atoms with van der Waals surface area (Å²) in [5.74, 6) is 4.55. The van der Waals surface area contributed by atoms with E-state index in [1.165, 1.54) is 6.07 Å². The Balaban J connectivity index is 2.21. The second kappa shape index (κ2) is 5.45. The van der Waals surface area contributed by atoms with E-state index in [1.807, 2.05) is 0 Å². The van der Waals surface area contributed by atoms with Crippen molar-refractivity contribution >= 4 is 23.3 Å². The molecule has 0 bridgehead atoms. The summed E-state index contributed by atoms with van der Waals surface area (Å²) in [7, 11) is 0. The van der Waals surface area contributed by atoms with Crippen LogP contribution in [0.4, 0.5) is 19.0 Å². The molecule has 1 fully saturated rings. The highest BCUT2D eigenvalue weighted by atomic mass is 35.5. The number of hydrogen-bond donors (Lipinski definition) is 2. The maximum absolute atomic E-state index is 12.5. The standard InChI is InChI=1S/C11H12ClF3N4O/c12-8-3-6(4-17-9(8)18-16)10(20)19(7-1-2-7)5-11(13,14)15/h3-4,7H,1-2,5,16H2,(H,17,18). The number of nitrogens with one attached hydrogen (secondary N) is 1. The molecule has 0 aromatic carbocycles. The van der Waals surface area contributed by atoms with Crippen molar-refractivity contribution in [2.75, 3.05) is 12.0 Å². The summed E-state index contributed by atoms with van der Waals surface area (Å²) in [5, 5.41) is 0.0705. The maximum atomic E-state index is 12.5. The minimum atomic E-state index is -4.44. The normalized spacial score (nSPS) is 15.1. The third-order valence-electron chi connectivity index (χ3n) is 2.82. The maximum Gasteiger partial charge on any atom is 0.406 e. The number of aromatic nitrogens is 1. The second-order valence-corrected chi connectivity index (χ2v) is 4.89. The molecule has 20 heavy (non-hydrogen) atoms.